The SMILES string of the molecule is CC(C)CCC(C)NC(=O)/C=C/c1ccc(OCc2ccccn2)cc1. The fourth-order valence-corrected chi connectivity index (χ4v) is 2.43. The van der Waals surface area contributed by atoms with Gasteiger partial charge in [-0.1, -0.05) is 32.0 Å². The minimum Gasteiger partial charge on any atom is -0.487 e. The van der Waals surface area contributed by atoms with Crippen LogP contribution in [0.1, 0.15) is 44.9 Å². The Bertz CT molecular complexity index is 694. The van der Waals surface area contributed by atoms with Gasteiger partial charge in [0.1, 0.15) is 12.4 Å². The van der Waals surface area contributed by atoms with E-state index in [0.717, 1.165) is 29.8 Å². The van der Waals surface area contributed by atoms with Crippen molar-refractivity contribution in [3.8, 4) is 5.75 Å². The summed E-state index contributed by atoms with van der Waals surface area (Å²) in [6, 6.07) is 13.6. The number of hydrogen-bond acceptors (Lipinski definition) is 3. The number of pyridine rings is 1. The first-order valence-electron chi connectivity index (χ1n) is 9.14. The highest BCUT2D eigenvalue weighted by Gasteiger charge is 2.05. The molecule has 0 saturated heterocycles. The lowest BCUT2D eigenvalue weighted by molar-refractivity contribution is -0.117. The molecule has 1 aromatic heterocycles. The van der Waals surface area contributed by atoms with Gasteiger partial charge in [0.25, 0.3) is 0 Å². The van der Waals surface area contributed by atoms with Gasteiger partial charge in [0.05, 0.1) is 5.69 Å². The summed E-state index contributed by atoms with van der Waals surface area (Å²) in [7, 11) is 0. The fraction of sp³-hybridized carbons (Fsp3) is 0.364. The summed E-state index contributed by atoms with van der Waals surface area (Å²) >= 11 is 0. The maximum absolute atomic E-state index is 12.0. The summed E-state index contributed by atoms with van der Waals surface area (Å²) in [4.78, 5) is 16.2. The largest absolute Gasteiger partial charge is 0.487 e. The van der Waals surface area contributed by atoms with Crippen LogP contribution < -0.4 is 10.1 Å². The van der Waals surface area contributed by atoms with Gasteiger partial charge < -0.3 is 10.1 Å². The number of nitrogens with zero attached hydrogens (tertiary/aromatic N) is 1. The van der Waals surface area contributed by atoms with Crippen molar-refractivity contribution in [2.45, 2.75) is 46.3 Å². The molecule has 4 heteroatoms. The maximum Gasteiger partial charge on any atom is 0.244 e. The van der Waals surface area contributed by atoms with Crippen LogP contribution in [0.2, 0.25) is 0 Å². The molecular formula is C22H28N2O2. The molecule has 0 aliphatic carbocycles. The van der Waals surface area contributed by atoms with Gasteiger partial charge in [-0.3, -0.25) is 9.78 Å². The first-order valence-corrected chi connectivity index (χ1v) is 9.14. The number of carbonyl (C=O) groups excluding carboxylic acids is 1. The Balaban J connectivity index is 1.78. The number of benzene rings is 1. The summed E-state index contributed by atoms with van der Waals surface area (Å²) in [6.07, 6.45) is 7.26. The first-order chi connectivity index (χ1) is 12.5. The summed E-state index contributed by atoms with van der Waals surface area (Å²) in [5.41, 5.74) is 1.85. The van der Waals surface area contributed by atoms with E-state index >= 15 is 0 Å². The van der Waals surface area contributed by atoms with Crippen molar-refractivity contribution in [2.75, 3.05) is 0 Å². The maximum atomic E-state index is 12.0. The normalized spacial score (nSPS) is 12.3. The van der Waals surface area contributed by atoms with Gasteiger partial charge in [-0.2, -0.15) is 0 Å². The number of ether oxygens (including phenoxy) is 1. The molecule has 1 N–H and O–H groups in total. The third-order valence-electron chi connectivity index (χ3n) is 3.99. The zero-order valence-corrected chi connectivity index (χ0v) is 15.8. The van der Waals surface area contributed by atoms with Crippen molar-refractivity contribution in [2.24, 2.45) is 5.92 Å². The van der Waals surface area contributed by atoms with Crippen molar-refractivity contribution in [3.63, 3.8) is 0 Å². The zero-order chi connectivity index (χ0) is 18.8. The van der Waals surface area contributed by atoms with Crippen LogP contribution in [0.15, 0.2) is 54.7 Å². The lowest BCUT2D eigenvalue weighted by Crippen LogP contribution is -2.31. The molecule has 0 radical (unpaired) electrons. The van der Waals surface area contributed by atoms with Crippen LogP contribution in [0, 0.1) is 5.92 Å². The Morgan fingerprint density at radius 1 is 1.12 bits per heavy atom. The number of amides is 1. The summed E-state index contributed by atoms with van der Waals surface area (Å²) in [5.74, 6) is 1.37. The van der Waals surface area contributed by atoms with E-state index in [9.17, 15) is 4.79 Å². The first kappa shape index (κ1) is 19.7. The molecule has 0 aliphatic heterocycles. The van der Waals surface area contributed by atoms with Crippen LogP contribution in [-0.2, 0) is 11.4 Å². The van der Waals surface area contributed by atoms with Crippen molar-refractivity contribution in [1.29, 1.82) is 0 Å². The number of nitrogens with one attached hydrogen (secondary N) is 1. The summed E-state index contributed by atoms with van der Waals surface area (Å²) < 4.78 is 5.71. The van der Waals surface area contributed by atoms with Crippen molar-refractivity contribution < 1.29 is 9.53 Å². The second-order valence-corrected chi connectivity index (χ2v) is 6.89. The van der Waals surface area contributed by atoms with E-state index in [1.165, 1.54) is 0 Å². The lowest BCUT2D eigenvalue weighted by Gasteiger charge is -2.13. The van der Waals surface area contributed by atoms with E-state index in [2.05, 4.69) is 24.1 Å². The number of rotatable bonds is 9. The molecule has 1 unspecified atom stereocenters. The monoisotopic (exact) mass is 352 g/mol. The van der Waals surface area contributed by atoms with E-state index in [1.807, 2.05) is 55.5 Å². The molecule has 1 amide bonds. The van der Waals surface area contributed by atoms with E-state index in [0.29, 0.717) is 12.5 Å². The van der Waals surface area contributed by atoms with Crippen molar-refractivity contribution in [1.82, 2.24) is 10.3 Å². The molecule has 0 spiro atoms. The molecule has 1 atom stereocenters. The van der Waals surface area contributed by atoms with Gasteiger partial charge in [0, 0.05) is 18.3 Å². The van der Waals surface area contributed by atoms with Crippen LogP contribution in [0.25, 0.3) is 6.08 Å². The molecule has 2 rings (SSSR count). The molecule has 1 aromatic carbocycles. The van der Waals surface area contributed by atoms with Gasteiger partial charge in [-0.25, -0.2) is 0 Å². The Morgan fingerprint density at radius 3 is 2.54 bits per heavy atom. The van der Waals surface area contributed by atoms with Crippen LogP contribution in [-0.4, -0.2) is 16.9 Å². The van der Waals surface area contributed by atoms with Gasteiger partial charge in [0.15, 0.2) is 0 Å². The van der Waals surface area contributed by atoms with Gasteiger partial charge in [0.2, 0.25) is 5.91 Å². The Labute approximate surface area is 156 Å². The molecular weight excluding hydrogens is 324 g/mol. The van der Waals surface area contributed by atoms with E-state index in [4.69, 9.17) is 4.74 Å². The van der Waals surface area contributed by atoms with Crippen LogP contribution >= 0.6 is 0 Å². The Hall–Kier alpha value is -2.62. The van der Waals surface area contributed by atoms with E-state index in [-0.39, 0.29) is 11.9 Å². The van der Waals surface area contributed by atoms with Crippen LogP contribution in [0.3, 0.4) is 0 Å². The average Bonchev–Trinajstić information content (AvgIpc) is 2.65. The highest BCUT2D eigenvalue weighted by atomic mass is 16.5. The molecule has 0 saturated carbocycles. The van der Waals surface area contributed by atoms with Gasteiger partial charge >= 0.3 is 0 Å². The minimum absolute atomic E-state index is 0.0586. The lowest BCUT2D eigenvalue weighted by atomic mass is 10.0. The number of aromatic nitrogens is 1. The average molecular weight is 352 g/mol. The Morgan fingerprint density at radius 2 is 1.88 bits per heavy atom. The predicted molar refractivity (Wildman–Crippen MR) is 106 cm³/mol. The summed E-state index contributed by atoms with van der Waals surface area (Å²) in [6.45, 7) is 6.87. The molecule has 26 heavy (non-hydrogen) atoms. The molecule has 138 valence electrons. The number of hydrogen-bond donors (Lipinski definition) is 1. The second-order valence-electron chi connectivity index (χ2n) is 6.89. The highest BCUT2D eigenvalue weighted by Crippen LogP contribution is 2.14. The Kier molecular flexibility index (Phi) is 7.87. The standard InChI is InChI=1S/C22H28N2O2/c1-17(2)7-8-18(3)24-22(25)14-11-19-9-12-21(13-10-19)26-16-20-6-4-5-15-23-20/h4-6,9-15,17-18H,7-8,16H2,1-3H3,(H,24,25)/b14-11+. The predicted octanol–water partition coefficient (Wildman–Crippen LogP) is 4.61. The van der Waals surface area contributed by atoms with E-state index in [1.54, 1.807) is 12.3 Å². The van der Waals surface area contributed by atoms with Crippen LogP contribution in [0.5, 0.6) is 5.75 Å². The van der Waals surface area contributed by atoms with Crippen molar-refractivity contribution >= 4 is 12.0 Å². The van der Waals surface area contributed by atoms with Crippen LogP contribution in [0.4, 0.5) is 0 Å². The second kappa shape index (κ2) is 10.4. The fourth-order valence-electron chi connectivity index (χ4n) is 2.43. The third kappa shape index (κ3) is 7.51. The van der Waals surface area contributed by atoms with Gasteiger partial charge in [-0.15, -0.1) is 0 Å². The molecule has 0 aliphatic rings. The third-order valence-corrected chi connectivity index (χ3v) is 3.99. The highest BCUT2D eigenvalue weighted by molar-refractivity contribution is 5.91. The summed E-state index contributed by atoms with van der Waals surface area (Å²) in [5, 5.41) is 3.00. The van der Waals surface area contributed by atoms with Gasteiger partial charge in [-0.05, 0) is 61.6 Å². The zero-order valence-electron chi connectivity index (χ0n) is 15.8. The molecule has 2 aromatic rings. The smallest absolute Gasteiger partial charge is 0.244 e. The minimum atomic E-state index is -0.0586. The van der Waals surface area contributed by atoms with E-state index < -0.39 is 0 Å². The number of carbonyl (C=O) groups is 1. The quantitative estimate of drug-likeness (QED) is 0.670. The topological polar surface area (TPSA) is 51.2 Å². The molecule has 0 bridgehead atoms. The molecule has 1 heterocycles. The van der Waals surface area contributed by atoms with Crippen molar-refractivity contribution in [3.05, 3.63) is 66.0 Å². The molecule has 0 fully saturated rings. The molecule has 4 nitrogen and oxygen atoms in total.